The molecule has 4 aliphatic rings. The third-order valence-corrected chi connectivity index (χ3v) is 11.1. The number of carbonyl (C=O) groups is 1. The average molecular weight is 485 g/mol. The van der Waals surface area contributed by atoms with E-state index in [-0.39, 0.29) is 23.7 Å². The van der Waals surface area contributed by atoms with Gasteiger partial charge in [-0.3, -0.25) is 4.79 Å². The number of Topliss-reactive ketones (excluding diaryl/α,β-unsaturated/α-hetero) is 1. The van der Waals surface area contributed by atoms with Gasteiger partial charge in [-0.2, -0.15) is 9.90 Å². The number of ketones is 1. The maximum Gasteiger partial charge on any atom is 0.201 e. The lowest BCUT2D eigenvalue weighted by atomic mass is 9.44. The number of hydrogen-bond donors (Lipinski definition) is 1. The summed E-state index contributed by atoms with van der Waals surface area (Å²) in [6, 6.07) is 1.74. The van der Waals surface area contributed by atoms with Crippen molar-refractivity contribution in [3.63, 3.8) is 0 Å². The summed E-state index contributed by atoms with van der Waals surface area (Å²) in [7, 11) is 0. The highest BCUT2D eigenvalue weighted by molar-refractivity contribution is 6.30. The summed E-state index contributed by atoms with van der Waals surface area (Å²) in [4.78, 5) is 19.3. The molecule has 0 aliphatic heterocycles. The normalized spacial score (nSPS) is 43.9. The van der Waals surface area contributed by atoms with Crippen molar-refractivity contribution in [3.8, 4) is 0 Å². The molecule has 4 saturated carbocycles. The molecule has 0 bridgehead atoms. The smallest absolute Gasteiger partial charge is 0.201 e. The molecule has 6 rings (SSSR count). The number of hydrogen-bond acceptors (Lipinski definition) is 5. The van der Waals surface area contributed by atoms with E-state index in [2.05, 4.69) is 29.0 Å². The number of pyridine rings is 1. The van der Waals surface area contributed by atoms with Gasteiger partial charge in [0.2, 0.25) is 5.65 Å². The second kappa shape index (κ2) is 7.73. The van der Waals surface area contributed by atoms with Crippen molar-refractivity contribution in [1.29, 1.82) is 0 Å². The lowest BCUT2D eigenvalue weighted by Crippen LogP contribution is -2.55. The first-order chi connectivity index (χ1) is 16.1. The molecule has 0 amide bonds. The number of rotatable bonds is 3. The molecule has 2 aromatic heterocycles. The fourth-order valence-corrected chi connectivity index (χ4v) is 9.26. The molecule has 0 saturated heterocycles. The molecule has 184 valence electrons. The first-order valence-electron chi connectivity index (χ1n) is 13.2. The Morgan fingerprint density at radius 1 is 1.06 bits per heavy atom. The Hall–Kier alpha value is -1.53. The van der Waals surface area contributed by atoms with Gasteiger partial charge in [-0.25, -0.2) is 4.98 Å². The molecular weight excluding hydrogens is 448 g/mol. The molecule has 2 aromatic rings. The number of nitrogens with zero attached hydrogens (tertiary/aromatic N) is 4. The molecule has 34 heavy (non-hydrogen) atoms. The molecule has 1 N–H and O–H groups in total. The van der Waals surface area contributed by atoms with Gasteiger partial charge in [-0.1, -0.05) is 25.4 Å². The van der Waals surface area contributed by atoms with Gasteiger partial charge in [-0.15, -0.1) is 5.10 Å². The number of carbonyl (C=O) groups excluding carboxylic acids is 1. The fraction of sp³-hybridized carbons (Fsp3) is 0.778. The Kier molecular flexibility index (Phi) is 5.21. The van der Waals surface area contributed by atoms with Gasteiger partial charge in [0.25, 0.3) is 0 Å². The van der Waals surface area contributed by atoms with E-state index in [0.29, 0.717) is 33.4 Å². The molecule has 1 unspecified atom stereocenters. The number of aliphatic hydroxyl groups is 1. The third kappa shape index (κ3) is 3.46. The van der Waals surface area contributed by atoms with Crippen molar-refractivity contribution in [2.45, 2.75) is 90.7 Å². The van der Waals surface area contributed by atoms with Gasteiger partial charge in [0, 0.05) is 12.1 Å². The quantitative estimate of drug-likeness (QED) is 0.625. The van der Waals surface area contributed by atoms with Crippen LogP contribution >= 0.6 is 11.6 Å². The first kappa shape index (κ1) is 22.9. The Morgan fingerprint density at radius 3 is 2.68 bits per heavy atom. The molecule has 8 atom stereocenters. The van der Waals surface area contributed by atoms with Crippen LogP contribution in [0.5, 0.6) is 0 Å². The molecule has 6 nitrogen and oxygen atoms in total. The van der Waals surface area contributed by atoms with Crippen LogP contribution in [-0.4, -0.2) is 36.5 Å². The van der Waals surface area contributed by atoms with Crippen LogP contribution in [0.15, 0.2) is 12.3 Å². The van der Waals surface area contributed by atoms with Crippen LogP contribution in [0.4, 0.5) is 0 Å². The summed E-state index contributed by atoms with van der Waals surface area (Å²) in [5, 5.41) is 20.1. The Balaban J connectivity index is 1.20. The third-order valence-electron chi connectivity index (χ3n) is 10.9. The minimum atomic E-state index is -0.489. The summed E-state index contributed by atoms with van der Waals surface area (Å²) in [5.74, 6) is 3.08. The van der Waals surface area contributed by atoms with Gasteiger partial charge < -0.3 is 5.11 Å². The van der Waals surface area contributed by atoms with Crippen LogP contribution in [0.3, 0.4) is 0 Å². The highest BCUT2D eigenvalue weighted by atomic mass is 35.5. The van der Waals surface area contributed by atoms with Gasteiger partial charge in [0.15, 0.2) is 5.78 Å². The number of aromatic nitrogens is 4. The van der Waals surface area contributed by atoms with Crippen molar-refractivity contribution in [1.82, 2.24) is 20.0 Å². The largest absolute Gasteiger partial charge is 0.390 e. The molecule has 4 fully saturated rings. The Morgan fingerprint density at radius 2 is 1.85 bits per heavy atom. The minimum Gasteiger partial charge on any atom is -0.390 e. The summed E-state index contributed by atoms with van der Waals surface area (Å²) < 4.78 is 0. The van der Waals surface area contributed by atoms with Crippen LogP contribution < -0.4 is 0 Å². The molecule has 2 heterocycles. The predicted octanol–water partition coefficient (Wildman–Crippen LogP) is 5.46. The van der Waals surface area contributed by atoms with Crippen molar-refractivity contribution < 1.29 is 9.90 Å². The van der Waals surface area contributed by atoms with E-state index in [0.717, 1.165) is 50.4 Å². The molecular formula is C27H37ClN4O2. The van der Waals surface area contributed by atoms with Crippen molar-refractivity contribution in [2.75, 3.05) is 0 Å². The van der Waals surface area contributed by atoms with Gasteiger partial charge >= 0.3 is 0 Å². The van der Waals surface area contributed by atoms with Gasteiger partial charge in [0.1, 0.15) is 12.1 Å². The zero-order valence-electron chi connectivity index (χ0n) is 20.6. The van der Waals surface area contributed by atoms with E-state index < -0.39 is 5.60 Å². The van der Waals surface area contributed by atoms with Gasteiger partial charge in [-0.05, 0) is 105 Å². The SMILES string of the molecule is C[C@@]1(O)CC[C@@]2(C)[C@H](CC[C@H]3C4CC[C@H](C(=O)Cn5nc6cc(Cl)cnc6n5)[C@@]4(C)CC[C@@H]32)C1. The zero-order chi connectivity index (χ0) is 23.9. The van der Waals surface area contributed by atoms with Crippen molar-refractivity contribution in [2.24, 2.45) is 40.4 Å². The van der Waals surface area contributed by atoms with E-state index in [4.69, 9.17) is 11.6 Å². The highest BCUT2D eigenvalue weighted by Gasteiger charge is 2.61. The molecule has 0 aromatic carbocycles. The lowest BCUT2D eigenvalue weighted by molar-refractivity contribution is -0.151. The van der Waals surface area contributed by atoms with E-state index >= 15 is 0 Å². The topological polar surface area (TPSA) is 80.9 Å². The first-order valence-corrected chi connectivity index (χ1v) is 13.6. The molecule has 0 radical (unpaired) electrons. The molecule has 0 spiro atoms. The lowest BCUT2D eigenvalue weighted by Gasteiger charge is -2.61. The molecule has 4 aliphatic carbocycles. The van der Waals surface area contributed by atoms with E-state index in [1.54, 1.807) is 12.3 Å². The summed E-state index contributed by atoms with van der Waals surface area (Å²) in [5.41, 5.74) is 1.10. The standard InChI is InChI=1S/C27H37ClN4O2/c1-25(34)10-11-26(2)16(13-25)4-5-18-19-6-7-21(27(19,3)9-8-20(18)26)23(33)15-32-30-22-12-17(28)14-29-24(22)31-32/h12,14,16,18-21,34H,4-11,13,15H2,1-3H3/t16-,18+,19?,20+,21-,25-,26+,27+/m1/s1. The van der Waals surface area contributed by atoms with Gasteiger partial charge in [0.05, 0.1) is 10.6 Å². The van der Waals surface area contributed by atoms with E-state index in [1.165, 1.54) is 24.1 Å². The summed E-state index contributed by atoms with van der Waals surface area (Å²) >= 11 is 6.04. The second-order valence-corrected chi connectivity index (χ2v) is 13.2. The van der Waals surface area contributed by atoms with E-state index in [9.17, 15) is 9.90 Å². The van der Waals surface area contributed by atoms with Crippen LogP contribution in [0.2, 0.25) is 5.02 Å². The van der Waals surface area contributed by atoms with Crippen LogP contribution in [0.25, 0.3) is 11.2 Å². The van der Waals surface area contributed by atoms with Crippen LogP contribution in [0, 0.1) is 40.4 Å². The Bertz CT molecular complexity index is 1130. The highest BCUT2D eigenvalue weighted by Crippen LogP contribution is 2.68. The second-order valence-electron chi connectivity index (χ2n) is 12.7. The zero-order valence-corrected chi connectivity index (χ0v) is 21.4. The van der Waals surface area contributed by atoms with Crippen molar-refractivity contribution in [3.05, 3.63) is 17.3 Å². The monoisotopic (exact) mass is 484 g/mol. The summed E-state index contributed by atoms with van der Waals surface area (Å²) in [6.07, 6.45) is 11.6. The predicted molar refractivity (Wildman–Crippen MR) is 131 cm³/mol. The maximum atomic E-state index is 13.6. The van der Waals surface area contributed by atoms with Crippen molar-refractivity contribution >= 4 is 28.5 Å². The maximum absolute atomic E-state index is 13.6. The minimum absolute atomic E-state index is 0.0791. The average Bonchev–Trinajstić information content (AvgIpc) is 3.33. The fourth-order valence-electron chi connectivity index (χ4n) is 9.11. The Labute approximate surface area is 206 Å². The molecule has 7 heteroatoms. The number of halogens is 1. The van der Waals surface area contributed by atoms with Crippen LogP contribution in [0.1, 0.15) is 78.6 Å². The van der Waals surface area contributed by atoms with Crippen LogP contribution in [-0.2, 0) is 11.3 Å². The number of fused-ring (bicyclic) bond motifs is 6. The van der Waals surface area contributed by atoms with E-state index in [1.807, 2.05) is 6.92 Å². The summed E-state index contributed by atoms with van der Waals surface area (Å²) in [6.45, 7) is 7.17.